The standard InChI is InChI=1S/C22H23NO3/c24-20-9-12-23(13-10-20)19-5-3-17(4-6-19)21(25)7-1-16-2-8-22-18(15-16)11-14-26-22/h1-8,15,20,24H,9-14H2. The zero-order valence-electron chi connectivity index (χ0n) is 14.7. The zero-order valence-corrected chi connectivity index (χ0v) is 14.7. The van der Waals surface area contributed by atoms with E-state index in [-0.39, 0.29) is 11.9 Å². The lowest BCUT2D eigenvalue weighted by Gasteiger charge is -2.31. The molecule has 0 aromatic heterocycles. The first-order valence-corrected chi connectivity index (χ1v) is 9.20. The lowest BCUT2D eigenvalue weighted by atomic mass is 10.0. The van der Waals surface area contributed by atoms with Crippen LogP contribution < -0.4 is 9.64 Å². The number of benzene rings is 2. The van der Waals surface area contributed by atoms with Gasteiger partial charge in [0.1, 0.15) is 5.75 Å². The normalized spacial score (nSPS) is 17.3. The summed E-state index contributed by atoms with van der Waals surface area (Å²) < 4.78 is 5.51. The summed E-state index contributed by atoms with van der Waals surface area (Å²) in [5.74, 6) is 0.955. The Labute approximate surface area is 153 Å². The number of allylic oxidation sites excluding steroid dienone is 1. The van der Waals surface area contributed by atoms with Crippen molar-refractivity contribution in [1.29, 1.82) is 0 Å². The van der Waals surface area contributed by atoms with Gasteiger partial charge in [-0.15, -0.1) is 0 Å². The topological polar surface area (TPSA) is 49.8 Å². The van der Waals surface area contributed by atoms with Gasteiger partial charge in [0.15, 0.2) is 5.78 Å². The Kier molecular flexibility index (Phi) is 4.76. The molecule has 0 saturated carbocycles. The summed E-state index contributed by atoms with van der Waals surface area (Å²) in [5.41, 5.74) is 4.02. The summed E-state index contributed by atoms with van der Waals surface area (Å²) in [6.07, 6.45) is 5.85. The molecule has 26 heavy (non-hydrogen) atoms. The van der Waals surface area contributed by atoms with Crippen LogP contribution in [0.4, 0.5) is 5.69 Å². The Balaban J connectivity index is 1.41. The summed E-state index contributed by atoms with van der Waals surface area (Å²) in [6, 6.07) is 13.8. The predicted octanol–water partition coefficient (Wildman–Crippen LogP) is 3.48. The molecule has 0 atom stereocenters. The number of fused-ring (bicyclic) bond motifs is 1. The summed E-state index contributed by atoms with van der Waals surface area (Å²) in [7, 11) is 0. The van der Waals surface area contributed by atoms with E-state index in [9.17, 15) is 9.90 Å². The molecule has 2 aliphatic heterocycles. The molecule has 0 amide bonds. The smallest absolute Gasteiger partial charge is 0.185 e. The van der Waals surface area contributed by atoms with Gasteiger partial charge in [0.05, 0.1) is 12.7 Å². The number of ether oxygens (including phenoxy) is 1. The van der Waals surface area contributed by atoms with Crippen LogP contribution in [0.1, 0.15) is 34.3 Å². The Morgan fingerprint density at radius 1 is 1.12 bits per heavy atom. The highest BCUT2D eigenvalue weighted by atomic mass is 16.5. The third kappa shape index (κ3) is 3.65. The summed E-state index contributed by atoms with van der Waals surface area (Å²) in [4.78, 5) is 14.7. The predicted molar refractivity (Wildman–Crippen MR) is 103 cm³/mol. The average molecular weight is 349 g/mol. The SMILES string of the molecule is O=C(C=Cc1ccc2c(c1)CCO2)c1ccc(N2CCC(O)CC2)cc1. The molecular formula is C22H23NO3. The molecule has 1 fully saturated rings. The van der Waals surface area contributed by atoms with Crippen molar-refractivity contribution >= 4 is 17.5 Å². The van der Waals surface area contributed by atoms with E-state index in [1.807, 2.05) is 42.5 Å². The molecule has 4 nitrogen and oxygen atoms in total. The third-order valence-electron chi connectivity index (χ3n) is 5.12. The molecule has 2 heterocycles. The summed E-state index contributed by atoms with van der Waals surface area (Å²) in [6.45, 7) is 2.45. The molecule has 2 aromatic carbocycles. The quantitative estimate of drug-likeness (QED) is 0.678. The van der Waals surface area contributed by atoms with Gasteiger partial charge in [0.25, 0.3) is 0 Å². The number of nitrogens with zero attached hydrogens (tertiary/aromatic N) is 1. The highest BCUT2D eigenvalue weighted by Gasteiger charge is 2.17. The van der Waals surface area contributed by atoms with Crippen LogP contribution in [0.3, 0.4) is 0 Å². The molecule has 0 bridgehead atoms. The maximum Gasteiger partial charge on any atom is 0.185 e. The number of anilines is 1. The van der Waals surface area contributed by atoms with Crippen molar-refractivity contribution in [1.82, 2.24) is 0 Å². The zero-order chi connectivity index (χ0) is 17.9. The number of piperidine rings is 1. The first-order valence-electron chi connectivity index (χ1n) is 9.20. The van der Waals surface area contributed by atoms with Gasteiger partial charge in [0.2, 0.25) is 0 Å². The number of carbonyl (C=O) groups excluding carboxylic acids is 1. The van der Waals surface area contributed by atoms with Crippen LogP contribution >= 0.6 is 0 Å². The minimum Gasteiger partial charge on any atom is -0.493 e. The molecule has 4 rings (SSSR count). The lowest BCUT2D eigenvalue weighted by Crippen LogP contribution is -2.35. The molecule has 0 unspecified atom stereocenters. The molecule has 0 aliphatic carbocycles. The molecule has 0 spiro atoms. The second-order valence-corrected chi connectivity index (χ2v) is 6.93. The van der Waals surface area contributed by atoms with Crippen molar-refractivity contribution in [2.45, 2.75) is 25.4 Å². The molecule has 1 N–H and O–H groups in total. The fourth-order valence-electron chi connectivity index (χ4n) is 3.54. The molecule has 2 aromatic rings. The van der Waals surface area contributed by atoms with Crippen molar-refractivity contribution in [2.75, 3.05) is 24.6 Å². The van der Waals surface area contributed by atoms with Crippen molar-refractivity contribution in [3.63, 3.8) is 0 Å². The highest BCUT2D eigenvalue weighted by molar-refractivity contribution is 6.07. The Morgan fingerprint density at radius 3 is 2.65 bits per heavy atom. The van der Waals surface area contributed by atoms with Gasteiger partial charge in [-0.2, -0.15) is 0 Å². The van der Waals surface area contributed by atoms with E-state index in [0.717, 1.165) is 56.0 Å². The maximum atomic E-state index is 12.4. The van der Waals surface area contributed by atoms with E-state index in [2.05, 4.69) is 11.0 Å². The van der Waals surface area contributed by atoms with Crippen molar-refractivity contribution in [3.05, 3.63) is 65.2 Å². The number of hydrogen-bond acceptors (Lipinski definition) is 4. The Bertz CT molecular complexity index is 818. The van der Waals surface area contributed by atoms with Gasteiger partial charge >= 0.3 is 0 Å². The van der Waals surface area contributed by atoms with Gasteiger partial charge in [0, 0.05) is 30.8 Å². The van der Waals surface area contributed by atoms with Crippen LogP contribution in [-0.2, 0) is 6.42 Å². The number of rotatable bonds is 4. The van der Waals surface area contributed by atoms with E-state index in [1.165, 1.54) is 5.56 Å². The van der Waals surface area contributed by atoms with E-state index in [0.29, 0.717) is 5.56 Å². The number of hydrogen-bond donors (Lipinski definition) is 1. The van der Waals surface area contributed by atoms with E-state index in [1.54, 1.807) is 6.08 Å². The van der Waals surface area contributed by atoms with E-state index < -0.39 is 0 Å². The average Bonchev–Trinajstić information content (AvgIpc) is 3.15. The molecule has 0 radical (unpaired) electrons. The maximum absolute atomic E-state index is 12.4. The van der Waals surface area contributed by atoms with Crippen LogP contribution in [0.25, 0.3) is 6.08 Å². The minimum absolute atomic E-state index is 0.00219. The fourth-order valence-corrected chi connectivity index (χ4v) is 3.54. The molecule has 1 saturated heterocycles. The third-order valence-corrected chi connectivity index (χ3v) is 5.12. The van der Waals surface area contributed by atoms with Crippen LogP contribution in [-0.4, -0.2) is 36.7 Å². The van der Waals surface area contributed by atoms with E-state index >= 15 is 0 Å². The van der Waals surface area contributed by atoms with Gasteiger partial charge in [-0.1, -0.05) is 12.1 Å². The summed E-state index contributed by atoms with van der Waals surface area (Å²) >= 11 is 0. The second-order valence-electron chi connectivity index (χ2n) is 6.93. The highest BCUT2D eigenvalue weighted by Crippen LogP contribution is 2.26. The van der Waals surface area contributed by atoms with Crippen molar-refractivity contribution in [2.24, 2.45) is 0 Å². The molecule has 4 heteroatoms. The van der Waals surface area contributed by atoms with Gasteiger partial charge in [-0.05, 0) is 66.4 Å². The van der Waals surface area contributed by atoms with Gasteiger partial charge in [-0.3, -0.25) is 4.79 Å². The number of aliphatic hydroxyl groups excluding tert-OH is 1. The second kappa shape index (κ2) is 7.34. The number of ketones is 1. The van der Waals surface area contributed by atoms with Crippen molar-refractivity contribution < 1.29 is 14.6 Å². The lowest BCUT2D eigenvalue weighted by molar-refractivity contribution is 0.104. The van der Waals surface area contributed by atoms with Crippen LogP contribution in [0.15, 0.2) is 48.5 Å². The summed E-state index contributed by atoms with van der Waals surface area (Å²) in [5, 5.41) is 9.61. The van der Waals surface area contributed by atoms with Gasteiger partial charge in [-0.25, -0.2) is 0 Å². The Morgan fingerprint density at radius 2 is 1.88 bits per heavy atom. The number of aliphatic hydroxyl groups is 1. The molecular weight excluding hydrogens is 326 g/mol. The number of carbonyl (C=O) groups is 1. The van der Waals surface area contributed by atoms with Gasteiger partial charge < -0.3 is 14.7 Å². The monoisotopic (exact) mass is 349 g/mol. The Hall–Kier alpha value is -2.59. The van der Waals surface area contributed by atoms with Crippen LogP contribution in [0.2, 0.25) is 0 Å². The first-order chi connectivity index (χ1) is 12.7. The first kappa shape index (κ1) is 16.9. The minimum atomic E-state index is -0.178. The molecule has 2 aliphatic rings. The largest absolute Gasteiger partial charge is 0.493 e. The molecule has 134 valence electrons. The van der Waals surface area contributed by atoms with Crippen LogP contribution in [0, 0.1) is 0 Å². The van der Waals surface area contributed by atoms with Crippen molar-refractivity contribution in [3.8, 4) is 5.75 Å². The van der Waals surface area contributed by atoms with E-state index in [4.69, 9.17) is 4.74 Å². The van der Waals surface area contributed by atoms with Crippen LogP contribution in [0.5, 0.6) is 5.75 Å². The fraction of sp³-hybridized carbons (Fsp3) is 0.318.